The molecule has 3 aromatic rings. The van der Waals surface area contributed by atoms with Gasteiger partial charge in [0, 0.05) is 25.3 Å². The Balaban J connectivity index is 1.76. The molecule has 0 unspecified atom stereocenters. The van der Waals surface area contributed by atoms with E-state index in [1.807, 2.05) is 45.0 Å². The van der Waals surface area contributed by atoms with Crippen molar-refractivity contribution in [1.82, 2.24) is 4.90 Å². The van der Waals surface area contributed by atoms with Crippen LogP contribution in [0.3, 0.4) is 0 Å². The molecule has 1 spiro atoms. The SMILES string of the molecule is CCCN1C(=O)[C@@]2(c3ccccc31)c1c(oc3ccccc3c1=O)C(=O)N2CCCOC(C)C. The number of para-hydroxylation sites is 2. The van der Waals surface area contributed by atoms with Gasteiger partial charge in [-0.15, -0.1) is 0 Å². The van der Waals surface area contributed by atoms with Crippen molar-refractivity contribution >= 4 is 28.5 Å². The lowest BCUT2D eigenvalue weighted by Gasteiger charge is -2.34. The molecule has 0 saturated heterocycles. The Bertz CT molecular complexity index is 1340. The predicted molar refractivity (Wildman–Crippen MR) is 129 cm³/mol. The van der Waals surface area contributed by atoms with Crippen molar-refractivity contribution in [3.63, 3.8) is 0 Å². The minimum Gasteiger partial charge on any atom is -0.450 e. The molecule has 2 aliphatic rings. The van der Waals surface area contributed by atoms with Crippen LogP contribution in [0.1, 0.15) is 55.3 Å². The third-order valence-electron chi connectivity index (χ3n) is 6.57. The van der Waals surface area contributed by atoms with Gasteiger partial charge in [-0.3, -0.25) is 14.4 Å². The van der Waals surface area contributed by atoms with Crippen molar-refractivity contribution in [1.29, 1.82) is 0 Å². The molecule has 7 nitrogen and oxygen atoms in total. The fraction of sp³-hybridized carbons (Fsp3) is 0.370. The molecule has 0 N–H and O–H groups in total. The minimum absolute atomic E-state index is 0.0463. The smallest absolute Gasteiger partial charge is 0.291 e. The van der Waals surface area contributed by atoms with Crippen molar-refractivity contribution < 1.29 is 18.7 Å². The summed E-state index contributed by atoms with van der Waals surface area (Å²) in [7, 11) is 0. The third kappa shape index (κ3) is 3.03. The normalized spacial score (nSPS) is 19.1. The molecule has 7 heteroatoms. The molecule has 0 bridgehead atoms. The van der Waals surface area contributed by atoms with Crippen LogP contribution in [0.2, 0.25) is 0 Å². The van der Waals surface area contributed by atoms with Crippen molar-refractivity contribution in [2.24, 2.45) is 0 Å². The van der Waals surface area contributed by atoms with E-state index in [4.69, 9.17) is 9.15 Å². The number of fused-ring (bicyclic) bond motifs is 5. The van der Waals surface area contributed by atoms with E-state index in [2.05, 4.69) is 0 Å². The number of carbonyl (C=O) groups is 2. The molecular weight excluding hydrogens is 432 g/mol. The number of rotatable bonds is 7. The van der Waals surface area contributed by atoms with E-state index in [-0.39, 0.29) is 35.3 Å². The highest BCUT2D eigenvalue weighted by Gasteiger charge is 2.64. The molecule has 2 amide bonds. The molecule has 176 valence electrons. The summed E-state index contributed by atoms with van der Waals surface area (Å²) in [5.41, 5.74) is -0.0480. The number of benzene rings is 2. The average molecular weight is 461 g/mol. The Hall–Kier alpha value is -3.45. The average Bonchev–Trinajstić information content (AvgIpc) is 3.22. The fourth-order valence-electron chi connectivity index (χ4n) is 5.22. The van der Waals surface area contributed by atoms with Gasteiger partial charge in [0.1, 0.15) is 5.58 Å². The molecule has 2 aromatic carbocycles. The summed E-state index contributed by atoms with van der Waals surface area (Å²) in [6.07, 6.45) is 1.32. The lowest BCUT2D eigenvalue weighted by molar-refractivity contribution is -0.126. The highest BCUT2D eigenvalue weighted by molar-refractivity contribution is 6.17. The molecule has 2 aliphatic heterocycles. The Morgan fingerprint density at radius 3 is 2.50 bits per heavy atom. The first-order chi connectivity index (χ1) is 16.4. The number of anilines is 1. The minimum atomic E-state index is -1.54. The molecule has 3 heterocycles. The molecule has 1 aromatic heterocycles. The molecule has 0 radical (unpaired) electrons. The van der Waals surface area contributed by atoms with Crippen LogP contribution in [-0.2, 0) is 15.1 Å². The molecule has 5 rings (SSSR count). The van der Waals surface area contributed by atoms with Gasteiger partial charge in [-0.25, -0.2) is 0 Å². The number of nitrogens with zero attached hydrogens (tertiary/aromatic N) is 2. The van der Waals surface area contributed by atoms with Gasteiger partial charge < -0.3 is 19.0 Å². The summed E-state index contributed by atoms with van der Waals surface area (Å²) in [6, 6.07) is 14.3. The summed E-state index contributed by atoms with van der Waals surface area (Å²) in [6.45, 7) is 7.08. The maximum absolute atomic E-state index is 14.2. The van der Waals surface area contributed by atoms with Crippen LogP contribution in [0, 0.1) is 0 Å². The fourth-order valence-corrected chi connectivity index (χ4v) is 5.22. The maximum atomic E-state index is 14.2. The maximum Gasteiger partial charge on any atom is 0.291 e. The first-order valence-electron chi connectivity index (χ1n) is 11.8. The zero-order chi connectivity index (χ0) is 24.0. The van der Waals surface area contributed by atoms with Gasteiger partial charge in [-0.2, -0.15) is 0 Å². The Morgan fingerprint density at radius 1 is 1.00 bits per heavy atom. The molecule has 0 fully saturated rings. The van der Waals surface area contributed by atoms with Crippen LogP contribution in [0.4, 0.5) is 5.69 Å². The zero-order valence-electron chi connectivity index (χ0n) is 19.7. The summed E-state index contributed by atoms with van der Waals surface area (Å²) in [5, 5.41) is 0.359. The zero-order valence-corrected chi connectivity index (χ0v) is 19.7. The van der Waals surface area contributed by atoms with Crippen molar-refractivity contribution in [3.8, 4) is 0 Å². The second kappa shape index (κ2) is 8.40. The summed E-state index contributed by atoms with van der Waals surface area (Å²) >= 11 is 0. The summed E-state index contributed by atoms with van der Waals surface area (Å²) in [4.78, 5) is 45.1. The number of amides is 2. The monoisotopic (exact) mass is 460 g/mol. The van der Waals surface area contributed by atoms with Gasteiger partial charge in [-0.1, -0.05) is 37.3 Å². The molecule has 1 atom stereocenters. The first-order valence-corrected chi connectivity index (χ1v) is 11.8. The van der Waals surface area contributed by atoms with Crippen LogP contribution in [-0.4, -0.2) is 42.5 Å². The van der Waals surface area contributed by atoms with Gasteiger partial charge in [0.15, 0.2) is 11.0 Å². The number of carbonyl (C=O) groups excluding carboxylic acids is 2. The molecule has 0 saturated carbocycles. The second-order valence-electron chi connectivity index (χ2n) is 9.05. The third-order valence-corrected chi connectivity index (χ3v) is 6.57. The lowest BCUT2D eigenvalue weighted by atomic mass is 9.84. The van der Waals surface area contributed by atoms with Crippen LogP contribution < -0.4 is 10.3 Å². The van der Waals surface area contributed by atoms with Gasteiger partial charge in [0.2, 0.25) is 5.76 Å². The van der Waals surface area contributed by atoms with E-state index in [9.17, 15) is 14.4 Å². The van der Waals surface area contributed by atoms with E-state index in [0.29, 0.717) is 36.1 Å². The largest absolute Gasteiger partial charge is 0.450 e. The van der Waals surface area contributed by atoms with E-state index in [1.165, 1.54) is 4.90 Å². The van der Waals surface area contributed by atoms with Gasteiger partial charge in [0.05, 0.1) is 22.7 Å². The Morgan fingerprint density at radius 2 is 1.74 bits per heavy atom. The van der Waals surface area contributed by atoms with Gasteiger partial charge in [0.25, 0.3) is 11.8 Å². The highest BCUT2D eigenvalue weighted by Crippen LogP contribution is 2.52. The van der Waals surface area contributed by atoms with E-state index >= 15 is 0 Å². The van der Waals surface area contributed by atoms with Crippen molar-refractivity contribution in [3.05, 3.63) is 75.6 Å². The standard InChI is InChI=1S/C27H28N2O5/c1-4-14-28-20-12-7-6-11-19(20)27(26(28)32)22-23(30)18-10-5-8-13-21(18)34-24(22)25(31)29(27)15-9-16-33-17(2)3/h5-8,10-13,17H,4,9,14-16H2,1-3H3/t27-/m1/s1. The van der Waals surface area contributed by atoms with Crippen LogP contribution in [0.15, 0.2) is 57.7 Å². The van der Waals surface area contributed by atoms with E-state index < -0.39 is 11.4 Å². The molecule has 34 heavy (non-hydrogen) atoms. The van der Waals surface area contributed by atoms with E-state index in [1.54, 1.807) is 29.2 Å². The number of hydrogen-bond donors (Lipinski definition) is 0. The summed E-state index contributed by atoms with van der Waals surface area (Å²) < 4.78 is 11.7. The Kier molecular flexibility index (Phi) is 5.52. The van der Waals surface area contributed by atoms with Crippen LogP contribution in [0.25, 0.3) is 11.0 Å². The quantitative estimate of drug-likeness (QED) is 0.497. The number of hydrogen-bond acceptors (Lipinski definition) is 5. The second-order valence-corrected chi connectivity index (χ2v) is 9.05. The topological polar surface area (TPSA) is 80.1 Å². The van der Waals surface area contributed by atoms with Crippen molar-refractivity contribution in [2.45, 2.75) is 45.3 Å². The lowest BCUT2D eigenvalue weighted by Crippen LogP contribution is -2.53. The van der Waals surface area contributed by atoms with Crippen LogP contribution in [0.5, 0.6) is 0 Å². The predicted octanol–water partition coefficient (Wildman–Crippen LogP) is 4.06. The van der Waals surface area contributed by atoms with Gasteiger partial charge in [-0.05, 0) is 44.9 Å². The van der Waals surface area contributed by atoms with Crippen molar-refractivity contribution in [2.75, 3.05) is 24.6 Å². The first kappa shape index (κ1) is 22.3. The highest BCUT2D eigenvalue weighted by atomic mass is 16.5. The molecule has 0 aliphatic carbocycles. The summed E-state index contributed by atoms with van der Waals surface area (Å²) in [5.74, 6) is -0.770. The Labute approximate surface area is 197 Å². The van der Waals surface area contributed by atoms with E-state index in [0.717, 1.165) is 12.1 Å². The number of ether oxygens (including phenoxy) is 1. The van der Waals surface area contributed by atoms with Crippen LogP contribution >= 0.6 is 0 Å². The molecular formula is C27H28N2O5. The van der Waals surface area contributed by atoms with Gasteiger partial charge >= 0.3 is 0 Å².